The molecule has 0 radical (unpaired) electrons. The van der Waals surface area contributed by atoms with Crippen molar-refractivity contribution in [3.63, 3.8) is 0 Å². The minimum absolute atomic E-state index is 0.202. The Balaban J connectivity index is 1.77. The van der Waals surface area contributed by atoms with E-state index in [4.69, 9.17) is 4.74 Å². The molecule has 34 heavy (non-hydrogen) atoms. The van der Waals surface area contributed by atoms with Gasteiger partial charge in [0.15, 0.2) is 0 Å². The number of amides is 3. The molecule has 0 atom stereocenters. The van der Waals surface area contributed by atoms with Crippen molar-refractivity contribution in [1.82, 2.24) is 0 Å². The molecule has 2 N–H and O–H groups in total. The van der Waals surface area contributed by atoms with E-state index in [9.17, 15) is 14.4 Å². The Morgan fingerprint density at radius 2 is 1.50 bits per heavy atom. The largest absolute Gasteiger partial charge is 0.497 e. The molecule has 0 aliphatic carbocycles. The molecule has 1 aliphatic rings. The summed E-state index contributed by atoms with van der Waals surface area (Å²) < 4.78 is 5.21. The molecule has 0 saturated carbocycles. The van der Waals surface area contributed by atoms with Gasteiger partial charge >= 0.3 is 0 Å². The Hall–Kier alpha value is -4.39. The zero-order valence-corrected chi connectivity index (χ0v) is 19.4. The van der Waals surface area contributed by atoms with Crippen molar-refractivity contribution in [2.75, 3.05) is 22.6 Å². The highest BCUT2D eigenvalue weighted by atomic mass is 16.5. The third kappa shape index (κ3) is 4.41. The standard InChI is InChI=1S/C27H25N3O4/c1-16-5-14-23(17(2)15-16)24-25(29-20-8-12-22(34-4)13-9-20)27(33)30(26(24)32)21-10-6-19(7-11-21)28-18(3)31/h5-15,29H,1-4H3,(H,28,31). The first-order valence-electron chi connectivity index (χ1n) is 10.8. The normalized spacial score (nSPS) is 13.4. The highest BCUT2D eigenvalue weighted by Crippen LogP contribution is 2.35. The molecule has 3 amide bonds. The van der Waals surface area contributed by atoms with Crippen LogP contribution in [0.2, 0.25) is 0 Å². The molecule has 7 heteroatoms. The number of nitrogens with zero attached hydrogens (tertiary/aromatic N) is 1. The number of imide groups is 1. The second-order valence-electron chi connectivity index (χ2n) is 8.10. The van der Waals surface area contributed by atoms with E-state index in [1.807, 2.05) is 32.0 Å². The third-order valence-corrected chi connectivity index (χ3v) is 5.54. The number of anilines is 3. The van der Waals surface area contributed by atoms with E-state index in [0.717, 1.165) is 16.0 Å². The molecule has 0 unspecified atom stereocenters. The van der Waals surface area contributed by atoms with Gasteiger partial charge in [-0.3, -0.25) is 14.4 Å². The SMILES string of the molecule is COc1ccc(NC2=C(c3ccc(C)cc3C)C(=O)N(c3ccc(NC(C)=O)cc3)C2=O)cc1. The molecule has 1 heterocycles. The van der Waals surface area contributed by atoms with E-state index in [0.29, 0.717) is 33.9 Å². The van der Waals surface area contributed by atoms with Crippen LogP contribution in [0.5, 0.6) is 5.75 Å². The number of benzene rings is 3. The highest BCUT2D eigenvalue weighted by Gasteiger charge is 2.40. The molecule has 0 fully saturated rings. The lowest BCUT2D eigenvalue weighted by Crippen LogP contribution is -2.32. The van der Waals surface area contributed by atoms with Crippen LogP contribution >= 0.6 is 0 Å². The first-order chi connectivity index (χ1) is 16.3. The van der Waals surface area contributed by atoms with Crippen LogP contribution in [0.25, 0.3) is 5.57 Å². The van der Waals surface area contributed by atoms with Gasteiger partial charge in [0, 0.05) is 18.3 Å². The fourth-order valence-corrected chi connectivity index (χ4v) is 3.94. The predicted molar refractivity (Wildman–Crippen MR) is 133 cm³/mol. The molecule has 0 aromatic heterocycles. The first kappa shape index (κ1) is 22.8. The fourth-order valence-electron chi connectivity index (χ4n) is 3.94. The molecule has 7 nitrogen and oxygen atoms in total. The average molecular weight is 456 g/mol. The summed E-state index contributed by atoms with van der Waals surface area (Å²) in [7, 11) is 1.58. The maximum atomic E-state index is 13.6. The summed E-state index contributed by atoms with van der Waals surface area (Å²) >= 11 is 0. The topological polar surface area (TPSA) is 87.7 Å². The average Bonchev–Trinajstić information content (AvgIpc) is 3.04. The number of hydrogen-bond acceptors (Lipinski definition) is 5. The molecular formula is C27H25N3O4. The van der Waals surface area contributed by atoms with Gasteiger partial charge in [-0.25, -0.2) is 4.90 Å². The lowest BCUT2D eigenvalue weighted by molar-refractivity contribution is -0.120. The molecule has 3 aromatic rings. The minimum Gasteiger partial charge on any atom is -0.497 e. The van der Waals surface area contributed by atoms with E-state index in [1.165, 1.54) is 6.92 Å². The Morgan fingerprint density at radius 1 is 0.853 bits per heavy atom. The summed E-state index contributed by atoms with van der Waals surface area (Å²) in [6.07, 6.45) is 0. The van der Waals surface area contributed by atoms with Gasteiger partial charge in [0.2, 0.25) is 5.91 Å². The first-order valence-corrected chi connectivity index (χ1v) is 10.8. The van der Waals surface area contributed by atoms with Crippen LogP contribution in [0, 0.1) is 13.8 Å². The molecule has 3 aromatic carbocycles. The number of carbonyl (C=O) groups excluding carboxylic acids is 3. The molecule has 0 spiro atoms. The Kier molecular flexibility index (Phi) is 6.19. The lowest BCUT2D eigenvalue weighted by atomic mass is 9.97. The zero-order chi connectivity index (χ0) is 24.4. The summed E-state index contributed by atoms with van der Waals surface area (Å²) in [5, 5.41) is 5.84. The van der Waals surface area contributed by atoms with Crippen LogP contribution in [0.15, 0.2) is 72.4 Å². The summed E-state index contributed by atoms with van der Waals surface area (Å²) in [6, 6.07) is 19.5. The van der Waals surface area contributed by atoms with E-state index in [1.54, 1.807) is 55.6 Å². The van der Waals surface area contributed by atoms with Crippen LogP contribution in [-0.2, 0) is 14.4 Å². The van der Waals surface area contributed by atoms with Gasteiger partial charge in [0.25, 0.3) is 11.8 Å². The van der Waals surface area contributed by atoms with Gasteiger partial charge < -0.3 is 15.4 Å². The summed E-state index contributed by atoms with van der Waals surface area (Å²) in [6.45, 7) is 5.31. The van der Waals surface area contributed by atoms with E-state index in [2.05, 4.69) is 10.6 Å². The summed E-state index contributed by atoms with van der Waals surface area (Å²) in [4.78, 5) is 39.7. The smallest absolute Gasteiger partial charge is 0.282 e. The monoisotopic (exact) mass is 455 g/mol. The lowest BCUT2D eigenvalue weighted by Gasteiger charge is -2.16. The Labute approximate surface area is 198 Å². The number of carbonyl (C=O) groups is 3. The zero-order valence-electron chi connectivity index (χ0n) is 19.4. The summed E-state index contributed by atoms with van der Waals surface area (Å²) in [5.74, 6) is -0.391. The van der Waals surface area contributed by atoms with Crippen molar-refractivity contribution in [3.8, 4) is 5.75 Å². The van der Waals surface area contributed by atoms with Crippen molar-refractivity contribution < 1.29 is 19.1 Å². The number of ether oxygens (including phenoxy) is 1. The maximum Gasteiger partial charge on any atom is 0.282 e. The predicted octanol–water partition coefficient (Wildman–Crippen LogP) is 4.67. The molecule has 1 aliphatic heterocycles. The van der Waals surface area contributed by atoms with Crippen LogP contribution in [0.4, 0.5) is 17.1 Å². The van der Waals surface area contributed by atoms with Gasteiger partial charge in [-0.2, -0.15) is 0 Å². The third-order valence-electron chi connectivity index (χ3n) is 5.54. The Bertz CT molecular complexity index is 1310. The fraction of sp³-hybridized carbons (Fsp3) is 0.148. The van der Waals surface area contributed by atoms with Gasteiger partial charge in [0.1, 0.15) is 11.4 Å². The van der Waals surface area contributed by atoms with Gasteiger partial charge in [-0.1, -0.05) is 23.8 Å². The van der Waals surface area contributed by atoms with Crippen molar-refractivity contribution in [2.24, 2.45) is 0 Å². The number of aryl methyl sites for hydroxylation is 2. The van der Waals surface area contributed by atoms with Crippen LogP contribution in [-0.4, -0.2) is 24.8 Å². The molecule has 0 bridgehead atoms. The van der Waals surface area contributed by atoms with Crippen molar-refractivity contribution in [3.05, 3.63) is 89.1 Å². The van der Waals surface area contributed by atoms with Gasteiger partial charge in [-0.15, -0.1) is 0 Å². The van der Waals surface area contributed by atoms with Crippen molar-refractivity contribution in [1.29, 1.82) is 0 Å². The molecular weight excluding hydrogens is 430 g/mol. The number of hydrogen-bond donors (Lipinski definition) is 2. The number of nitrogens with one attached hydrogen (secondary N) is 2. The van der Waals surface area contributed by atoms with Crippen molar-refractivity contribution >= 4 is 40.4 Å². The highest BCUT2D eigenvalue weighted by molar-refractivity contribution is 6.46. The van der Waals surface area contributed by atoms with Crippen LogP contribution in [0.1, 0.15) is 23.6 Å². The van der Waals surface area contributed by atoms with Crippen LogP contribution < -0.4 is 20.3 Å². The van der Waals surface area contributed by atoms with Crippen molar-refractivity contribution in [2.45, 2.75) is 20.8 Å². The van der Waals surface area contributed by atoms with Crippen LogP contribution in [0.3, 0.4) is 0 Å². The van der Waals surface area contributed by atoms with E-state index in [-0.39, 0.29) is 11.6 Å². The maximum absolute atomic E-state index is 13.6. The second kappa shape index (κ2) is 9.23. The number of rotatable bonds is 6. The van der Waals surface area contributed by atoms with E-state index < -0.39 is 11.8 Å². The quantitative estimate of drug-likeness (QED) is 0.528. The second-order valence-corrected chi connectivity index (χ2v) is 8.10. The molecule has 172 valence electrons. The van der Waals surface area contributed by atoms with E-state index >= 15 is 0 Å². The number of methoxy groups -OCH3 is 1. The molecule has 4 rings (SSSR count). The van der Waals surface area contributed by atoms with Gasteiger partial charge in [0.05, 0.1) is 18.4 Å². The minimum atomic E-state index is -0.455. The van der Waals surface area contributed by atoms with Gasteiger partial charge in [-0.05, 0) is 73.5 Å². The molecule has 0 saturated heterocycles. The Morgan fingerprint density at radius 3 is 2.09 bits per heavy atom. The summed E-state index contributed by atoms with van der Waals surface area (Å²) in [5.41, 5.74) is 4.81.